The maximum absolute atomic E-state index is 9.33. The largest absolute Gasteiger partial charge is 0.489 e. The third kappa shape index (κ3) is 3.18. The minimum atomic E-state index is -0.0155. The van der Waals surface area contributed by atoms with E-state index < -0.39 is 0 Å². The minimum absolute atomic E-state index is 0.00607. The third-order valence-electron chi connectivity index (χ3n) is 5.55. The quantitative estimate of drug-likeness (QED) is 0.620. The Hall–Kier alpha value is -1.73. The van der Waals surface area contributed by atoms with Gasteiger partial charge in [-0.3, -0.25) is 0 Å². The minimum Gasteiger partial charge on any atom is -0.489 e. The van der Waals surface area contributed by atoms with Gasteiger partial charge in [0.15, 0.2) is 0 Å². The Morgan fingerprint density at radius 1 is 1.36 bits per heavy atom. The van der Waals surface area contributed by atoms with E-state index in [1.165, 1.54) is 0 Å². The molecule has 3 heterocycles. The molecule has 5 rings (SSSR count). The van der Waals surface area contributed by atoms with Crippen molar-refractivity contribution >= 4 is 34.1 Å². The van der Waals surface area contributed by atoms with Crippen LogP contribution < -0.4 is 4.74 Å². The monoisotopic (exact) mass is 421 g/mol. The molecule has 2 aromatic heterocycles. The zero-order valence-electron chi connectivity index (χ0n) is 15.2. The summed E-state index contributed by atoms with van der Waals surface area (Å²) in [6.45, 7) is 0.899. The number of nitrogens with one attached hydrogen (secondary N) is 1. The molecule has 1 aromatic carbocycles. The first-order valence-corrected chi connectivity index (χ1v) is 10.3. The molecule has 2 aliphatic rings. The molecule has 0 radical (unpaired) electrons. The van der Waals surface area contributed by atoms with E-state index in [9.17, 15) is 5.11 Å². The highest BCUT2D eigenvalue weighted by Crippen LogP contribution is 2.45. The van der Waals surface area contributed by atoms with Crippen LogP contribution in [0.15, 0.2) is 24.7 Å². The predicted molar refractivity (Wildman–Crippen MR) is 108 cm³/mol. The lowest BCUT2D eigenvalue weighted by Gasteiger charge is -2.22. The van der Waals surface area contributed by atoms with Gasteiger partial charge in [0.2, 0.25) is 0 Å². The number of ether oxygens (including phenoxy) is 2. The molecule has 148 valence electrons. The molecule has 1 unspecified atom stereocenters. The second-order valence-corrected chi connectivity index (χ2v) is 8.27. The lowest BCUT2D eigenvalue weighted by atomic mass is 10.1. The summed E-state index contributed by atoms with van der Waals surface area (Å²) < 4.78 is 13.9. The van der Waals surface area contributed by atoms with Crippen molar-refractivity contribution in [3.8, 4) is 16.9 Å². The van der Waals surface area contributed by atoms with Crippen LogP contribution in [-0.2, 0) is 4.74 Å². The van der Waals surface area contributed by atoms with E-state index in [-0.39, 0.29) is 24.9 Å². The van der Waals surface area contributed by atoms with Crippen molar-refractivity contribution in [1.82, 2.24) is 14.8 Å². The van der Waals surface area contributed by atoms with Crippen LogP contribution >= 0.6 is 23.2 Å². The molecule has 1 aliphatic heterocycles. The molecule has 0 spiro atoms. The summed E-state index contributed by atoms with van der Waals surface area (Å²) in [7, 11) is 0. The third-order valence-corrected chi connectivity index (χ3v) is 6.33. The molecule has 3 atom stereocenters. The van der Waals surface area contributed by atoms with E-state index in [1.54, 1.807) is 6.07 Å². The fourth-order valence-corrected chi connectivity index (χ4v) is 4.23. The van der Waals surface area contributed by atoms with E-state index in [4.69, 9.17) is 32.7 Å². The molecule has 1 saturated carbocycles. The van der Waals surface area contributed by atoms with Gasteiger partial charge in [0, 0.05) is 48.7 Å². The van der Waals surface area contributed by atoms with E-state index in [0.717, 1.165) is 54.3 Å². The van der Waals surface area contributed by atoms with Gasteiger partial charge in [-0.15, -0.1) is 0 Å². The molecular weight excluding hydrogens is 401 g/mol. The van der Waals surface area contributed by atoms with Crippen molar-refractivity contribution in [2.75, 3.05) is 13.2 Å². The van der Waals surface area contributed by atoms with E-state index in [1.807, 2.05) is 23.3 Å². The van der Waals surface area contributed by atoms with Crippen molar-refractivity contribution in [2.24, 2.45) is 5.92 Å². The number of fused-ring (bicyclic) bond motifs is 1. The molecule has 28 heavy (non-hydrogen) atoms. The molecule has 2 fully saturated rings. The van der Waals surface area contributed by atoms with Crippen LogP contribution in [-0.4, -0.2) is 39.2 Å². The molecule has 2 N–H and O–H groups in total. The van der Waals surface area contributed by atoms with Crippen LogP contribution in [0.3, 0.4) is 0 Å². The number of nitrogens with zero attached hydrogens (tertiary/aromatic N) is 2. The highest BCUT2D eigenvalue weighted by atomic mass is 35.5. The highest BCUT2D eigenvalue weighted by Gasteiger charge is 2.39. The number of hydrogen-bond acceptors (Lipinski definition) is 4. The number of benzene rings is 1. The Labute approximate surface area is 172 Å². The van der Waals surface area contributed by atoms with Crippen LogP contribution in [0.4, 0.5) is 0 Å². The van der Waals surface area contributed by atoms with Gasteiger partial charge in [0.1, 0.15) is 18.1 Å². The number of aromatic amines is 1. The van der Waals surface area contributed by atoms with Crippen LogP contribution in [0.25, 0.3) is 22.0 Å². The number of hydrogen-bond donors (Lipinski definition) is 2. The predicted octanol–water partition coefficient (Wildman–Crippen LogP) is 4.80. The van der Waals surface area contributed by atoms with Crippen LogP contribution in [0.2, 0.25) is 10.0 Å². The Balaban J connectivity index is 1.54. The first-order chi connectivity index (χ1) is 13.7. The van der Waals surface area contributed by atoms with E-state index in [0.29, 0.717) is 15.8 Å². The first kappa shape index (κ1) is 18.3. The number of aliphatic hydroxyl groups excluding tert-OH is 1. The summed E-state index contributed by atoms with van der Waals surface area (Å²) in [5.74, 6) is 0.848. The van der Waals surface area contributed by atoms with Gasteiger partial charge in [0.25, 0.3) is 0 Å². The van der Waals surface area contributed by atoms with Crippen molar-refractivity contribution in [3.05, 3.63) is 34.7 Å². The zero-order valence-corrected chi connectivity index (χ0v) is 16.7. The van der Waals surface area contributed by atoms with Gasteiger partial charge in [-0.05, 0) is 25.7 Å². The average molecular weight is 422 g/mol. The number of rotatable bonds is 5. The summed E-state index contributed by atoms with van der Waals surface area (Å²) >= 11 is 12.7. The molecular formula is C20H21Cl2N3O3. The van der Waals surface area contributed by atoms with Crippen LogP contribution in [0.5, 0.6) is 5.75 Å². The highest BCUT2D eigenvalue weighted by molar-refractivity contribution is 6.45. The Kier molecular flexibility index (Phi) is 4.75. The summed E-state index contributed by atoms with van der Waals surface area (Å²) in [5, 5.41) is 15.6. The Morgan fingerprint density at radius 2 is 2.25 bits per heavy atom. The number of aliphatic hydroxyl groups is 1. The Bertz CT molecular complexity index is 1010. The Morgan fingerprint density at radius 3 is 3.00 bits per heavy atom. The maximum atomic E-state index is 9.33. The second-order valence-electron chi connectivity index (χ2n) is 7.49. The summed E-state index contributed by atoms with van der Waals surface area (Å²) in [4.78, 5) is 3.23. The van der Waals surface area contributed by atoms with Crippen molar-refractivity contribution in [1.29, 1.82) is 0 Å². The van der Waals surface area contributed by atoms with E-state index in [2.05, 4.69) is 10.1 Å². The second kappa shape index (κ2) is 7.26. The number of H-pyrrole nitrogens is 1. The van der Waals surface area contributed by atoms with Crippen molar-refractivity contribution in [2.45, 2.75) is 38.0 Å². The topological polar surface area (TPSA) is 72.3 Å². The summed E-state index contributed by atoms with van der Waals surface area (Å²) in [6.07, 6.45) is 9.78. The average Bonchev–Trinajstić information content (AvgIpc) is 3.09. The van der Waals surface area contributed by atoms with Gasteiger partial charge in [0.05, 0.1) is 27.1 Å². The molecule has 3 aromatic rings. The maximum Gasteiger partial charge on any atom is 0.150 e. The lowest BCUT2D eigenvalue weighted by molar-refractivity contribution is -0.0394. The molecule has 1 saturated heterocycles. The van der Waals surface area contributed by atoms with Gasteiger partial charge < -0.3 is 19.6 Å². The molecule has 6 nitrogen and oxygen atoms in total. The van der Waals surface area contributed by atoms with Crippen molar-refractivity contribution in [3.63, 3.8) is 0 Å². The standard InChI is InChI=1S/C20H21Cl2N3O3/c21-14-6-16(28-15-5-11(15)10-26)18-13(8-23-20(18)19(14)22)12-7-24-25(9-12)17-3-1-2-4-27-17/h6-9,11,15,17,23,26H,1-5,10H2/t11-,15-,17?/m0/s1. The summed E-state index contributed by atoms with van der Waals surface area (Å²) in [5.41, 5.74) is 2.65. The van der Waals surface area contributed by atoms with Gasteiger partial charge in [-0.2, -0.15) is 5.10 Å². The number of halogens is 2. The van der Waals surface area contributed by atoms with Gasteiger partial charge in [-0.1, -0.05) is 23.2 Å². The molecule has 0 amide bonds. The fourth-order valence-electron chi connectivity index (χ4n) is 3.83. The first-order valence-electron chi connectivity index (χ1n) is 9.58. The molecule has 0 bridgehead atoms. The fraction of sp³-hybridized carbons (Fsp3) is 0.450. The molecule has 1 aliphatic carbocycles. The van der Waals surface area contributed by atoms with Gasteiger partial charge in [-0.25, -0.2) is 4.68 Å². The summed E-state index contributed by atoms with van der Waals surface area (Å²) in [6, 6.07) is 1.75. The zero-order chi connectivity index (χ0) is 19.3. The number of aromatic nitrogens is 3. The van der Waals surface area contributed by atoms with Crippen LogP contribution in [0, 0.1) is 5.92 Å². The van der Waals surface area contributed by atoms with Crippen LogP contribution in [0.1, 0.15) is 31.9 Å². The lowest BCUT2D eigenvalue weighted by Crippen LogP contribution is -2.18. The molecule has 8 heteroatoms. The smallest absolute Gasteiger partial charge is 0.150 e. The van der Waals surface area contributed by atoms with E-state index >= 15 is 0 Å². The normalized spacial score (nSPS) is 24.6. The SMILES string of the molecule is OC[C@@H]1C[C@@H]1Oc1cc(Cl)c(Cl)c2[nH]cc(-c3cnn(C4CCCCO4)c3)c12. The van der Waals surface area contributed by atoms with Crippen molar-refractivity contribution < 1.29 is 14.6 Å². The van der Waals surface area contributed by atoms with Gasteiger partial charge >= 0.3 is 0 Å².